The molecular weight excluding hydrogens is 648 g/mol. The van der Waals surface area contributed by atoms with Gasteiger partial charge in [0.1, 0.15) is 0 Å². The molecule has 2 aliphatic rings. The third kappa shape index (κ3) is 6.77. The molecule has 3 aromatic rings. The van der Waals surface area contributed by atoms with Crippen LogP contribution in [0.15, 0.2) is 41.8 Å². The van der Waals surface area contributed by atoms with E-state index in [4.69, 9.17) is 32.6 Å². The summed E-state index contributed by atoms with van der Waals surface area (Å²) in [6, 6.07) is 7.58. The Hall–Kier alpha value is -3.76. The molecule has 0 radical (unpaired) electrons. The zero-order valence-electron chi connectivity index (χ0n) is 25.4. The van der Waals surface area contributed by atoms with Crippen molar-refractivity contribution < 1.29 is 36.9 Å². The molecule has 1 atom stereocenters. The number of aryl methyl sites for hydroxylation is 2. The van der Waals surface area contributed by atoms with E-state index in [9.17, 15) is 19.8 Å². The molecule has 0 aliphatic carbocycles. The predicted molar refractivity (Wildman–Crippen MR) is 182 cm³/mol. The maximum absolute atomic E-state index is 11.6. The third-order valence-electron chi connectivity index (χ3n) is 8.04. The first-order valence-electron chi connectivity index (χ1n) is 14.1. The first-order chi connectivity index (χ1) is 20.9. The molecule has 0 fully saturated rings. The van der Waals surface area contributed by atoms with E-state index >= 15 is 0 Å². The summed E-state index contributed by atoms with van der Waals surface area (Å²) >= 11 is 9.10. The van der Waals surface area contributed by atoms with Crippen LogP contribution in [-0.2, 0) is 26.7 Å². The Bertz CT molecular complexity index is 2020. The quantitative estimate of drug-likeness (QED) is 0.115. The van der Waals surface area contributed by atoms with Gasteiger partial charge in [-0.1, -0.05) is 35.4 Å². The van der Waals surface area contributed by atoms with Gasteiger partial charge in [-0.25, -0.2) is 14.8 Å². The van der Waals surface area contributed by atoms with Crippen molar-refractivity contribution in [2.75, 3.05) is 0 Å². The third-order valence-corrected chi connectivity index (χ3v) is 8.44. The summed E-state index contributed by atoms with van der Waals surface area (Å²) in [5.74, 6) is -1.99. The van der Waals surface area contributed by atoms with Crippen molar-refractivity contribution in [2.45, 2.75) is 52.7 Å². The van der Waals surface area contributed by atoms with Gasteiger partial charge >= 0.3 is 29.0 Å². The van der Waals surface area contributed by atoms with Crippen LogP contribution in [0, 0.1) is 13.8 Å². The van der Waals surface area contributed by atoms with Crippen LogP contribution < -0.4 is 9.97 Å². The summed E-state index contributed by atoms with van der Waals surface area (Å²) < 4.78 is 0. The van der Waals surface area contributed by atoms with Gasteiger partial charge in [-0.2, -0.15) is 25.3 Å². The van der Waals surface area contributed by atoms with E-state index in [1.807, 2.05) is 58.9 Å². The van der Waals surface area contributed by atoms with Gasteiger partial charge in [-0.3, -0.25) is 4.79 Å². The van der Waals surface area contributed by atoms with Crippen molar-refractivity contribution >= 4 is 87.6 Å². The van der Waals surface area contributed by atoms with Gasteiger partial charge in [0, 0.05) is 23.3 Å². The molecule has 0 saturated heterocycles. The van der Waals surface area contributed by atoms with Crippen LogP contribution >= 0.6 is 25.3 Å². The molecule has 8 bridgehead atoms. The molecule has 45 heavy (non-hydrogen) atoms. The average molecular weight is 681 g/mol. The minimum absolute atomic E-state index is 0. The minimum atomic E-state index is -1.08. The van der Waals surface area contributed by atoms with Crippen LogP contribution in [0.3, 0.4) is 0 Å². The van der Waals surface area contributed by atoms with Crippen molar-refractivity contribution in [2.24, 2.45) is 0 Å². The largest absolute Gasteiger partial charge is 2.00 e. The van der Waals surface area contributed by atoms with Crippen LogP contribution in [0.4, 0.5) is 0 Å². The number of rotatable bonds is 7. The van der Waals surface area contributed by atoms with E-state index in [-0.39, 0.29) is 35.2 Å². The predicted octanol–water partition coefficient (Wildman–Crippen LogP) is 7.45. The number of aliphatic carboxylic acids is 2. The van der Waals surface area contributed by atoms with E-state index < -0.39 is 11.9 Å². The molecule has 2 aliphatic heterocycles. The standard InChI is InChI=1S/C34H34N4O4S2.Fe/c1-16-21(6-8-32(39)40)29-15-30-22(7-9-33(41)42)17(2)25(36-30)13-28-23(10-11-43)18(3)26(37-28)14-31-34(20(5)44)19(4)27(38-31)12-24(16)35-29;/h7,9-15,20H,6,8H2,1-5H3,(H6,35,36,37,38,39,40,41,42,43,44);/q;+2/p-2/b9-7+,24-12?,25-13?,26-14?,27-12?,28-13?,29-15?,30-15?,31-14?;/t20-;/m0./s1. The summed E-state index contributed by atoms with van der Waals surface area (Å²) in [4.78, 5) is 42.9. The summed E-state index contributed by atoms with van der Waals surface area (Å²) in [6.45, 7) is 9.84. The van der Waals surface area contributed by atoms with Gasteiger partial charge < -0.3 is 20.2 Å². The fourth-order valence-electron chi connectivity index (χ4n) is 5.69. The topological polar surface area (TPSA) is 129 Å². The number of hydrogen-bond donors (Lipinski definition) is 4. The SMILES string of the molecule is CC1=C(/C=C\S)c2cc3[n-]c(cc4nc(cc5[n-]c(cc1n2)c([C@H](C)S)c5C)C(C)=C4CCC(=O)O)c(/C=C/C(=O)O)c3C.[Fe+2]. The second-order valence-corrected chi connectivity index (χ2v) is 12.0. The molecule has 8 nitrogen and oxygen atoms in total. The molecule has 0 amide bonds. The van der Waals surface area contributed by atoms with E-state index in [1.54, 1.807) is 11.5 Å². The van der Waals surface area contributed by atoms with Crippen molar-refractivity contribution in [3.8, 4) is 0 Å². The zero-order valence-corrected chi connectivity index (χ0v) is 28.3. The number of thiol groups is 2. The van der Waals surface area contributed by atoms with Crippen molar-refractivity contribution in [1.29, 1.82) is 0 Å². The molecule has 2 N–H and O–H groups in total. The molecular formula is C34H32FeN4O4S2. The van der Waals surface area contributed by atoms with E-state index in [2.05, 4.69) is 12.6 Å². The van der Waals surface area contributed by atoms with Gasteiger partial charge in [0.2, 0.25) is 0 Å². The zero-order chi connectivity index (χ0) is 31.9. The molecule has 5 rings (SSSR count). The molecule has 0 aromatic carbocycles. The van der Waals surface area contributed by atoms with Gasteiger partial charge in [0.15, 0.2) is 0 Å². The fourth-order valence-corrected chi connectivity index (χ4v) is 6.17. The molecule has 232 valence electrons. The molecule has 11 heteroatoms. The Labute approximate surface area is 282 Å². The van der Waals surface area contributed by atoms with Crippen LogP contribution in [0.1, 0.15) is 83.9 Å². The maximum atomic E-state index is 11.6. The summed E-state index contributed by atoms with van der Waals surface area (Å²) in [6.07, 6.45) is 4.70. The fraction of sp³-hybridized carbons (Fsp3) is 0.235. The molecule has 5 heterocycles. The number of allylic oxidation sites excluding steroid dienone is 5. The Morgan fingerprint density at radius 2 is 1.42 bits per heavy atom. The van der Waals surface area contributed by atoms with Gasteiger partial charge in [-0.05, 0) is 86.4 Å². The van der Waals surface area contributed by atoms with Gasteiger partial charge in [0.25, 0.3) is 0 Å². The second-order valence-electron chi connectivity index (χ2n) is 10.9. The average Bonchev–Trinajstić information content (AvgIpc) is 3.61. The van der Waals surface area contributed by atoms with E-state index in [0.29, 0.717) is 33.7 Å². The number of nitrogens with zero attached hydrogens (tertiary/aromatic N) is 4. The molecule has 0 saturated carbocycles. The van der Waals surface area contributed by atoms with Gasteiger partial charge in [0.05, 0.1) is 22.8 Å². The summed E-state index contributed by atoms with van der Waals surface area (Å²) in [5, 5.41) is 20.4. The normalized spacial score (nSPS) is 14.0. The maximum Gasteiger partial charge on any atom is 2.00 e. The number of carbonyl (C=O) groups is 2. The Balaban J connectivity index is 0.00000461. The number of carboxylic acid groups (broad SMARTS) is 2. The van der Waals surface area contributed by atoms with Crippen LogP contribution in [0.5, 0.6) is 0 Å². The van der Waals surface area contributed by atoms with E-state index in [1.165, 1.54) is 6.08 Å². The summed E-state index contributed by atoms with van der Waals surface area (Å²) in [5.41, 5.74) is 12.2. The van der Waals surface area contributed by atoms with Crippen molar-refractivity contribution in [1.82, 2.24) is 19.9 Å². The number of hydrogen-bond acceptors (Lipinski definition) is 6. The van der Waals surface area contributed by atoms with Crippen molar-refractivity contribution in [3.05, 3.63) is 86.9 Å². The first-order valence-corrected chi connectivity index (χ1v) is 15.1. The van der Waals surface area contributed by atoms with Gasteiger partial charge in [-0.15, -0.1) is 22.1 Å². The Morgan fingerprint density at radius 1 is 0.844 bits per heavy atom. The number of aromatic nitrogens is 4. The smallest absolute Gasteiger partial charge is 0.657 e. The number of carboxylic acids is 2. The second kappa shape index (κ2) is 13.7. The van der Waals surface area contributed by atoms with Crippen LogP contribution in [0.2, 0.25) is 0 Å². The Kier molecular flexibility index (Phi) is 10.4. The van der Waals surface area contributed by atoms with Crippen molar-refractivity contribution in [3.63, 3.8) is 0 Å². The first kappa shape index (κ1) is 34.1. The minimum Gasteiger partial charge on any atom is -0.657 e. The van der Waals surface area contributed by atoms with Crippen LogP contribution in [0.25, 0.3) is 50.4 Å². The number of fused-ring (bicyclic) bond motifs is 8. The Morgan fingerprint density at radius 3 is 2.07 bits per heavy atom. The molecule has 3 aromatic heterocycles. The molecule has 0 spiro atoms. The monoisotopic (exact) mass is 680 g/mol. The summed E-state index contributed by atoms with van der Waals surface area (Å²) in [7, 11) is 0. The van der Waals surface area contributed by atoms with E-state index in [0.717, 1.165) is 61.8 Å². The van der Waals surface area contributed by atoms with Crippen LogP contribution in [-0.4, -0.2) is 32.1 Å². The molecule has 0 unspecified atom stereocenters.